The summed E-state index contributed by atoms with van der Waals surface area (Å²) in [5, 5.41) is 11.1. The Morgan fingerprint density at radius 3 is 1.80 bits per heavy atom. The van der Waals surface area contributed by atoms with Crippen LogP contribution in [0, 0.1) is 5.92 Å². The molecule has 1 N–H and O–H groups in total. The molecule has 0 bridgehead atoms. The molecule has 2 nitrogen and oxygen atoms in total. The highest BCUT2D eigenvalue weighted by molar-refractivity contribution is 5.82. The molecular formula is C18H36O2. The van der Waals surface area contributed by atoms with E-state index < -0.39 is 5.60 Å². The van der Waals surface area contributed by atoms with Gasteiger partial charge < -0.3 is 5.11 Å². The highest BCUT2D eigenvalue weighted by Gasteiger charge is 2.38. The number of carbonyl (C=O) groups is 1. The predicted octanol–water partition coefficient (Wildman–Crippen LogP) is 5.27. The zero-order valence-electron chi connectivity index (χ0n) is 14.2. The number of carbonyl (C=O) groups excluding carboxylic acids is 1. The molecule has 0 aliphatic heterocycles. The van der Waals surface area contributed by atoms with Crippen LogP contribution in [0.15, 0.2) is 0 Å². The maximum absolute atomic E-state index is 12.5. The lowest BCUT2D eigenvalue weighted by Crippen LogP contribution is -2.42. The molecule has 0 spiro atoms. The number of aliphatic hydroxyl groups is 1. The highest BCUT2D eigenvalue weighted by atomic mass is 16.3. The van der Waals surface area contributed by atoms with Crippen LogP contribution in [0.2, 0.25) is 0 Å². The quantitative estimate of drug-likeness (QED) is 0.500. The summed E-state index contributed by atoms with van der Waals surface area (Å²) in [7, 11) is 0. The second kappa shape index (κ2) is 11.3. The molecule has 0 radical (unpaired) electrons. The Hall–Kier alpha value is -0.370. The molecule has 0 aromatic rings. The summed E-state index contributed by atoms with van der Waals surface area (Å²) in [5.74, 6) is 0.153. The van der Waals surface area contributed by atoms with Crippen molar-refractivity contribution in [3.8, 4) is 0 Å². The van der Waals surface area contributed by atoms with Crippen LogP contribution in [0.3, 0.4) is 0 Å². The molecule has 0 aromatic heterocycles. The van der Waals surface area contributed by atoms with E-state index >= 15 is 0 Å². The van der Waals surface area contributed by atoms with Gasteiger partial charge in [-0.25, -0.2) is 0 Å². The Morgan fingerprint density at radius 1 is 0.900 bits per heavy atom. The fourth-order valence-electron chi connectivity index (χ4n) is 2.98. The van der Waals surface area contributed by atoms with Crippen LogP contribution in [0.4, 0.5) is 0 Å². The normalized spacial score (nSPS) is 13.4. The van der Waals surface area contributed by atoms with Crippen molar-refractivity contribution in [3.63, 3.8) is 0 Å². The summed E-state index contributed by atoms with van der Waals surface area (Å²) in [6.07, 6.45) is 10.2. The third kappa shape index (κ3) is 6.88. The minimum absolute atomic E-state index is 0.142. The van der Waals surface area contributed by atoms with E-state index in [1.54, 1.807) is 0 Å². The van der Waals surface area contributed by atoms with E-state index in [0.29, 0.717) is 12.2 Å². The zero-order chi connectivity index (χ0) is 15.4. The molecule has 0 fully saturated rings. The summed E-state index contributed by atoms with van der Waals surface area (Å²) in [6, 6.07) is 0. The van der Waals surface area contributed by atoms with E-state index in [2.05, 4.69) is 27.7 Å². The van der Waals surface area contributed by atoms with Gasteiger partial charge in [0.25, 0.3) is 0 Å². The maximum atomic E-state index is 12.5. The van der Waals surface area contributed by atoms with E-state index in [9.17, 15) is 9.90 Å². The zero-order valence-corrected chi connectivity index (χ0v) is 14.2. The number of rotatable bonds is 13. The standard InChI is InChI=1S/C18H36O2/c1-5-9-13-17(19)16(12-8-4)18(20,14-10-6-2)15-11-7-3/h16,20H,5-15H2,1-4H3. The predicted molar refractivity (Wildman–Crippen MR) is 86.9 cm³/mol. The van der Waals surface area contributed by atoms with Crippen molar-refractivity contribution in [1.82, 2.24) is 0 Å². The van der Waals surface area contributed by atoms with E-state index in [4.69, 9.17) is 0 Å². The monoisotopic (exact) mass is 284 g/mol. The Morgan fingerprint density at radius 2 is 1.40 bits per heavy atom. The minimum Gasteiger partial charge on any atom is -0.389 e. The molecule has 0 saturated heterocycles. The Labute approximate surface area is 126 Å². The lowest BCUT2D eigenvalue weighted by Gasteiger charge is -2.36. The van der Waals surface area contributed by atoms with Crippen molar-refractivity contribution in [1.29, 1.82) is 0 Å². The minimum atomic E-state index is -0.757. The molecule has 2 heteroatoms. The van der Waals surface area contributed by atoms with Crippen molar-refractivity contribution in [2.24, 2.45) is 5.92 Å². The van der Waals surface area contributed by atoms with Crippen LogP contribution in [-0.2, 0) is 4.79 Å². The van der Waals surface area contributed by atoms with Gasteiger partial charge >= 0.3 is 0 Å². The molecule has 0 rings (SSSR count). The summed E-state index contributed by atoms with van der Waals surface area (Å²) in [6.45, 7) is 8.52. The molecule has 0 aliphatic carbocycles. The SMILES string of the molecule is CCCCC(=O)C(CCC)C(O)(CCCC)CCCC. The van der Waals surface area contributed by atoms with Gasteiger partial charge in [0.2, 0.25) is 0 Å². The largest absolute Gasteiger partial charge is 0.389 e. The van der Waals surface area contributed by atoms with Crippen LogP contribution in [0.1, 0.15) is 98.3 Å². The van der Waals surface area contributed by atoms with Crippen molar-refractivity contribution >= 4 is 5.78 Å². The smallest absolute Gasteiger partial charge is 0.138 e. The van der Waals surface area contributed by atoms with Gasteiger partial charge in [-0.3, -0.25) is 4.79 Å². The molecule has 0 aromatic carbocycles. The van der Waals surface area contributed by atoms with Crippen LogP contribution < -0.4 is 0 Å². The first-order valence-corrected chi connectivity index (χ1v) is 8.80. The Kier molecular flexibility index (Phi) is 11.1. The van der Waals surface area contributed by atoms with Crippen LogP contribution in [0.25, 0.3) is 0 Å². The van der Waals surface area contributed by atoms with E-state index in [1.807, 2.05) is 0 Å². The highest BCUT2D eigenvalue weighted by Crippen LogP contribution is 2.34. The van der Waals surface area contributed by atoms with E-state index in [-0.39, 0.29) is 5.92 Å². The fourth-order valence-corrected chi connectivity index (χ4v) is 2.98. The average Bonchev–Trinajstić information content (AvgIpc) is 2.46. The number of hydrogen-bond donors (Lipinski definition) is 1. The van der Waals surface area contributed by atoms with Crippen molar-refractivity contribution in [2.45, 2.75) is 104 Å². The summed E-state index contributed by atoms with van der Waals surface area (Å²) in [5.41, 5.74) is -0.757. The maximum Gasteiger partial charge on any atom is 0.138 e. The van der Waals surface area contributed by atoms with Gasteiger partial charge in [0, 0.05) is 12.3 Å². The molecular weight excluding hydrogens is 248 g/mol. The van der Waals surface area contributed by atoms with Gasteiger partial charge in [0.1, 0.15) is 5.78 Å². The van der Waals surface area contributed by atoms with Crippen molar-refractivity contribution in [2.75, 3.05) is 0 Å². The van der Waals surface area contributed by atoms with Gasteiger partial charge in [-0.2, -0.15) is 0 Å². The van der Waals surface area contributed by atoms with E-state index in [0.717, 1.165) is 64.2 Å². The third-order valence-electron chi connectivity index (χ3n) is 4.32. The third-order valence-corrected chi connectivity index (χ3v) is 4.32. The van der Waals surface area contributed by atoms with Gasteiger partial charge in [-0.1, -0.05) is 66.2 Å². The molecule has 0 amide bonds. The summed E-state index contributed by atoms with van der Waals surface area (Å²) >= 11 is 0. The van der Waals surface area contributed by atoms with Crippen molar-refractivity contribution < 1.29 is 9.90 Å². The molecule has 0 saturated carbocycles. The van der Waals surface area contributed by atoms with Crippen molar-refractivity contribution in [3.05, 3.63) is 0 Å². The molecule has 0 aliphatic rings. The molecule has 1 unspecified atom stereocenters. The van der Waals surface area contributed by atoms with Crippen LogP contribution in [-0.4, -0.2) is 16.5 Å². The Bertz CT molecular complexity index is 240. The lowest BCUT2D eigenvalue weighted by atomic mass is 9.74. The average molecular weight is 284 g/mol. The van der Waals surface area contributed by atoms with Gasteiger partial charge in [0.15, 0.2) is 0 Å². The topological polar surface area (TPSA) is 37.3 Å². The van der Waals surface area contributed by atoms with Crippen LogP contribution in [0.5, 0.6) is 0 Å². The summed E-state index contributed by atoms with van der Waals surface area (Å²) in [4.78, 5) is 12.5. The van der Waals surface area contributed by atoms with Gasteiger partial charge in [-0.15, -0.1) is 0 Å². The molecule has 1 atom stereocenters. The Balaban J connectivity index is 4.92. The number of hydrogen-bond acceptors (Lipinski definition) is 2. The lowest BCUT2D eigenvalue weighted by molar-refractivity contribution is -0.135. The second-order valence-electron chi connectivity index (χ2n) is 6.22. The summed E-state index contributed by atoms with van der Waals surface area (Å²) < 4.78 is 0. The first kappa shape index (κ1) is 19.6. The number of Topliss-reactive ketones (excluding diaryl/α,β-unsaturated/α-hetero) is 1. The molecule has 0 heterocycles. The van der Waals surface area contributed by atoms with E-state index in [1.165, 1.54) is 0 Å². The molecule has 20 heavy (non-hydrogen) atoms. The van der Waals surface area contributed by atoms with Gasteiger partial charge in [-0.05, 0) is 25.7 Å². The number of ketones is 1. The fraction of sp³-hybridized carbons (Fsp3) is 0.944. The van der Waals surface area contributed by atoms with Gasteiger partial charge in [0.05, 0.1) is 5.60 Å². The second-order valence-corrected chi connectivity index (χ2v) is 6.22. The first-order chi connectivity index (χ1) is 9.55. The number of unbranched alkanes of at least 4 members (excludes halogenated alkanes) is 3. The molecule has 120 valence electrons. The van der Waals surface area contributed by atoms with Crippen LogP contribution >= 0.6 is 0 Å². The first-order valence-electron chi connectivity index (χ1n) is 8.80.